The smallest absolute Gasteiger partial charge is 0.260 e. The second kappa shape index (κ2) is 5.04. The summed E-state index contributed by atoms with van der Waals surface area (Å²) in [5.41, 5.74) is 2.63. The van der Waals surface area contributed by atoms with E-state index >= 15 is 0 Å². The van der Waals surface area contributed by atoms with Crippen LogP contribution in [0.4, 0.5) is 5.69 Å². The lowest BCUT2D eigenvalue weighted by Gasteiger charge is -2.14. The van der Waals surface area contributed by atoms with Gasteiger partial charge in [0.05, 0.1) is 5.69 Å². The van der Waals surface area contributed by atoms with Crippen LogP contribution in [0.2, 0.25) is 0 Å². The highest BCUT2D eigenvalue weighted by molar-refractivity contribution is 8.00. The summed E-state index contributed by atoms with van der Waals surface area (Å²) >= 11 is 1.70. The fourth-order valence-corrected chi connectivity index (χ4v) is 3.64. The summed E-state index contributed by atoms with van der Waals surface area (Å²) in [7, 11) is -3.62. The van der Waals surface area contributed by atoms with Crippen molar-refractivity contribution >= 4 is 27.5 Å². The topological polar surface area (TPSA) is 97.1 Å². The average Bonchev–Trinajstić information content (AvgIpc) is 3.17. The van der Waals surface area contributed by atoms with Crippen molar-refractivity contribution in [2.75, 3.05) is 18.2 Å². The molecule has 0 saturated heterocycles. The highest BCUT2D eigenvalue weighted by Crippen LogP contribution is 2.46. The maximum atomic E-state index is 12.1. The maximum absolute atomic E-state index is 12.1. The molecule has 0 radical (unpaired) electrons. The van der Waals surface area contributed by atoms with Gasteiger partial charge in [-0.15, -0.1) is 0 Å². The molecule has 4 N–H and O–H groups in total. The lowest BCUT2D eigenvalue weighted by molar-refractivity contribution is 0.576. The molecule has 0 aliphatic heterocycles. The number of hydrogen-bond acceptors (Lipinski definition) is 6. The van der Waals surface area contributed by atoms with Crippen molar-refractivity contribution in [1.29, 1.82) is 0 Å². The largest absolute Gasteiger partial charge is 0.321 e. The molecule has 18 heavy (non-hydrogen) atoms. The Morgan fingerprint density at radius 3 is 2.83 bits per heavy atom. The second-order valence-electron chi connectivity index (χ2n) is 4.21. The average molecular weight is 288 g/mol. The van der Waals surface area contributed by atoms with Crippen LogP contribution in [0.3, 0.4) is 0 Å². The van der Waals surface area contributed by atoms with Crippen LogP contribution >= 0.6 is 11.8 Å². The van der Waals surface area contributed by atoms with E-state index in [0.717, 1.165) is 12.8 Å². The van der Waals surface area contributed by atoms with Crippen LogP contribution in [0, 0.1) is 0 Å². The van der Waals surface area contributed by atoms with Gasteiger partial charge in [-0.1, -0.05) is 0 Å². The van der Waals surface area contributed by atoms with Crippen molar-refractivity contribution in [2.24, 2.45) is 5.84 Å². The van der Waals surface area contributed by atoms with Crippen LogP contribution in [-0.4, -0.2) is 30.9 Å². The zero-order chi connectivity index (χ0) is 13.2. The number of nitrogen functional groups attached to an aromatic ring is 1. The van der Waals surface area contributed by atoms with Crippen molar-refractivity contribution in [3.05, 3.63) is 18.3 Å². The molecule has 2 rings (SSSR count). The molecule has 1 saturated carbocycles. The molecule has 8 heteroatoms. The summed E-state index contributed by atoms with van der Waals surface area (Å²) in [6, 6.07) is 3.20. The highest BCUT2D eigenvalue weighted by Gasteiger charge is 2.42. The number of nitrogens with zero attached hydrogens (tertiary/aromatic N) is 1. The lowest BCUT2D eigenvalue weighted by Crippen LogP contribution is -2.33. The first kappa shape index (κ1) is 13.6. The van der Waals surface area contributed by atoms with Crippen LogP contribution in [0.15, 0.2) is 23.4 Å². The number of sulfonamides is 1. The monoisotopic (exact) mass is 288 g/mol. The number of rotatable bonds is 6. The predicted octanol–water partition coefficient (Wildman–Crippen LogP) is 0.541. The van der Waals surface area contributed by atoms with Crippen molar-refractivity contribution in [3.8, 4) is 0 Å². The SMILES string of the molecule is CSC1(CNS(=O)(=O)c2ncccc2NN)CC1. The van der Waals surface area contributed by atoms with Gasteiger partial charge in [0.25, 0.3) is 10.0 Å². The number of aromatic nitrogens is 1. The number of pyridine rings is 1. The number of nitrogens with one attached hydrogen (secondary N) is 2. The Morgan fingerprint density at radius 1 is 1.56 bits per heavy atom. The third kappa shape index (κ3) is 2.77. The van der Waals surface area contributed by atoms with E-state index in [1.807, 2.05) is 6.26 Å². The summed E-state index contributed by atoms with van der Waals surface area (Å²) in [4.78, 5) is 3.87. The number of anilines is 1. The summed E-state index contributed by atoms with van der Waals surface area (Å²) in [6.07, 6.45) is 5.51. The third-order valence-electron chi connectivity index (χ3n) is 3.01. The maximum Gasteiger partial charge on any atom is 0.260 e. The fraction of sp³-hybridized carbons (Fsp3) is 0.500. The van der Waals surface area contributed by atoms with Crippen LogP contribution in [0.1, 0.15) is 12.8 Å². The molecule has 1 heterocycles. The zero-order valence-electron chi connectivity index (χ0n) is 10.0. The van der Waals surface area contributed by atoms with Crippen LogP contribution in [-0.2, 0) is 10.0 Å². The van der Waals surface area contributed by atoms with E-state index in [1.165, 1.54) is 6.20 Å². The molecule has 1 aliphatic rings. The minimum atomic E-state index is -3.62. The first-order valence-corrected chi connectivity index (χ1v) is 8.20. The molecule has 0 unspecified atom stereocenters. The lowest BCUT2D eigenvalue weighted by atomic mass is 10.4. The quantitative estimate of drug-likeness (QED) is 0.522. The van der Waals surface area contributed by atoms with E-state index in [4.69, 9.17) is 5.84 Å². The Hall–Kier alpha value is -0.830. The van der Waals surface area contributed by atoms with E-state index in [0.29, 0.717) is 12.2 Å². The molecule has 100 valence electrons. The highest BCUT2D eigenvalue weighted by atomic mass is 32.2. The molecule has 0 amide bonds. The summed E-state index contributed by atoms with van der Waals surface area (Å²) in [6.45, 7) is 0.428. The first-order chi connectivity index (χ1) is 8.53. The molecule has 1 aliphatic carbocycles. The Balaban J connectivity index is 2.15. The Morgan fingerprint density at radius 2 is 2.28 bits per heavy atom. The van der Waals surface area contributed by atoms with Gasteiger partial charge >= 0.3 is 0 Å². The van der Waals surface area contributed by atoms with E-state index in [1.54, 1.807) is 23.9 Å². The van der Waals surface area contributed by atoms with E-state index in [-0.39, 0.29) is 9.77 Å². The molecule has 1 aromatic heterocycles. The number of nitrogens with two attached hydrogens (primary N) is 1. The number of hydrogen-bond donors (Lipinski definition) is 3. The van der Waals surface area contributed by atoms with Gasteiger partial charge in [0.1, 0.15) is 0 Å². The summed E-state index contributed by atoms with van der Waals surface area (Å²) < 4.78 is 26.9. The van der Waals surface area contributed by atoms with Crippen molar-refractivity contribution in [1.82, 2.24) is 9.71 Å². The van der Waals surface area contributed by atoms with Crippen molar-refractivity contribution < 1.29 is 8.42 Å². The molecule has 0 atom stereocenters. The molecular weight excluding hydrogens is 272 g/mol. The fourth-order valence-electron chi connectivity index (χ4n) is 1.60. The van der Waals surface area contributed by atoms with E-state index < -0.39 is 10.0 Å². The van der Waals surface area contributed by atoms with Gasteiger partial charge in [0.15, 0.2) is 5.03 Å². The molecule has 1 fully saturated rings. The second-order valence-corrected chi connectivity index (χ2v) is 7.17. The summed E-state index contributed by atoms with van der Waals surface area (Å²) in [5.74, 6) is 5.28. The number of thioether (sulfide) groups is 1. The summed E-state index contributed by atoms with van der Waals surface area (Å²) in [5, 5.41) is -0.0654. The van der Waals surface area contributed by atoms with Gasteiger partial charge in [0, 0.05) is 17.5 Å². The number of hydrazine groups is 1. The molecule has 1 aromatic rings. The first-order valence-electron chi connectivity index (χ1n) is 5.49. The van der Waals surface area contributed by atoms with E-state index in [9.17, 15) is 8.42 Å². The van der Waals surface area contributed by atoms with Gasteiger partial charge in [0.2, 0.25) is 0 Å². The predicted molar refractivity (Wildman–Crippen MR) is 72.7 cm³/mol. The molecule has 0 spiro atoms. The Labute approximate surface area is 111 Å². The third-order valence-corrected chi connectivity index (χ3v) is 5.78. The van der Waals surface area contributed by atoms with Crippen molar-refractivity contribution in [2.45, 2.75) is 22.6 Å². The minimum Gasteiger partial charge on any atom is -0.321 e. The Kier molecular flexibility index (Phi) is 3.81. The molecular formula is C10H16N4O2S2. The van der Waals surface area contributed by atoms with Crippen LogP contribution < -0.4 is 16.0 Å². The normalized spacial score (nSPS) is 17.4. The van der Waals surface area contributed by atoms with Gasteiger partial charge < -0.3 is 5.43 Å². The standard InChI is InChI=1S/C10H16N4O2S2/c1-17-10(4-5-10)7-13-18(15,16)9-8(14-11)3-2-6-12-9/h2-3,6,13-14H,4-5,7,11H2,1H3. The van der Waals surface area contributed by atoms with Crippen LogP contribution in [0.25, 0.3) is 0 Å². The van der Waals surface area contributed by atoms with Gasteiger partial charge in [-0.3, -0.25) is 5.84 Å². The van der Waals surface area contributed by atoms with Gasteiger partial charge in [-0.05, 0) is 31.2 Å². The van der Waals surface area contributed by atoms with Crippen molar-refractivity contribution in [3.63, 3.8) is 0 Å². The molecule has 0 bridgehead atoms. The Bertz CT molecular complexity index is 528. The molecule has 6 nitrogen and oxygen atoms in total. The van der Waals surface area contributed by atoms with E-state index in [2.05, 4.69) is 15.1 Å². The van der Waals surface area contributed by atoms with Gasteiger partial charge in [-0.2, -0.15) is 11.8 Å². The van der Waals surface area contributed by atoms with Crippen LogP contribution in [0.5, 0.6) is 0 Å². The minimum absolute atomic E-state index is 0.0654. The molecule has 0 aromatic carbocycles. The zero-order valence-corrected chi connectivity index (χ0v) is 11.6. The van der Waals surface area contributed by atoms with Gasteiger partial charge in [-0.25, -0.2) is 18.1 Å².